The van der Waals surface area contributed by atoms with Crippen molar-refractivity contribution >= 4 is 6.09 Å². The van der Waals surface area contributed by atoms with E-state index >= 15 is 0 Å². The lowest BCUT2D eigenvalue weighted by Gasteiger charge is -2.24. The van der Waals surface area contributed by atoms with E-state index in [0.717, 1.165) is 25.1 Å². The summed E-state index contributed by atoms with van der Waals surface area (Å²) >= 11 is 0. The smallest absolute Gasteiger partial charge is 0.410 e. The maximum absolute atomic E-state index is 12.0. The summed E-state index contributed by atoms with van der Waals surface area (Å²) in [6, 6.07) is 8.36. The van der Waals surface area contributed by atoms with Gasteiger partial charge in [0.05, 0.1) is 0 Å². The van der Waals surface area contributed by atoms with Crippen LogP contribution < -0.4 is 5.73 Å². The molecule has 0 saturated carbocycles. The number of nitrogens with zero attached hydrogens (tertiary/aromatic N) is 1. The topological polar surface area (TPSA) is 55.6 Å². The van der Waals surface area contributed by atoms with E-state index in [1.54, 1.807) is 4.90 Å². The molecule has 110 valence electrons. The first-order chi connectivity index (χ1) is 9.39. The SMILES string of the molecule is CC(C)(C)OC(=O)N1CC[C@H](c2ccc(CN)cc2)C1. The zero-order chi connectivity index (χ0) is 14.8. The second kappa shape index (κ2) is 5.83. The Hall–Kier alpha value is -1.55. The highest BCUT2D eigenvalue weighted by molar-refractivity contribution is 5.68. The van der Waals surface area contributed by atoms with E-state index in [1.165, 1.54) is 5.56 Å². The Balaban J connectivity index is 1.96. The highest BCUT2D eigenvalue weighted by atomic mass is 16.6. The van der Waals surface area contributed by atoms with Gasteiger partial charge in [-0.15, -0.1) is 0 Å². The predicted octanol–water partition coefficient (Wildman–Crippen LogP) is 2.87. The van der Waals surface area contributed by atoms with Crippen molar-refractivity contribution in [2.45, 2.75) is 45.3 Å². The van der Waals surface area contributed by atoms with Gasteiger partial charge >= 0.3 is 6.09 Å². The number of hydrogen-bond donors (Lipinski definition) is 1. The minimum Gasteiger partial charge on any atom is -0.444 e. The van der Waals surface area contributed by atoms with Gasteiger partial charge in [-0.3, -0.25) is 0 Å². The van der Waals surface area contributed by atoms with Crippen LogP contribution >= 0.6 is 0 Å². The van der Waals surface area contributed by atoms with Crippen LogP contribution in [0.2, 0.25) is 0 Å². The van der Waals surface area contributed by atoms with Gasteiger partial charge < -0.3 is 15.4 Å². The lowest BCUT2D eigenvalue weighted by atomic mass is 9.97. The number of rotatable bonds is 2. The monoisotopic (exact) mass is 276 g/mol. The molecule has 1 aliphatic heterocycles. The van der Waals surface area contributed by atoms with Crippen molar-refractivity contribution in [1.82, 2.24) is 4.90 Å². The van der Waals surface area contributed by atoms with Crippen LogP contribution in [-0.2, 0) is 11.3 Å². The molecule has 2 rings (SSSR count). The Labute approximate surface area is 120 Å². The molecular formula is C16H24N2O2. The first-order valence-electron chi connectivity index (χ1n) is 7.16. The summed E-state index contributed by atoms with van der Waals surface area (Å²) in [4.78, 5) is 13.8. The number of amides is 1. The molecular weight excluding hydrogens is 252 g/mol. The normalized spacial score (nSPS) is 19.2. The fraction of sp³-hybridized carbons (Fsp3) is 0.562. The van der Waals surface area contributed by atoms with Crippen molar-refractivity contribution in [3.8, 4) is 0 Å². The number of ether oxygens (including phenoxy) is 1. The number of hydrogen-bond acceptors (Lipinski definition) is 3. The molecule has 1 aliphatic rings. The molecule has 0 unspecified atom stereocenters. The second-order valence-electron chi connectivity index (χ2n) is 6.36. The van der Waals surface area contributed by atoms with Crippen LogP contribution in [0.1, 0.15) is 44.2 Å². The molecule has 1 atom stereocenters. The molecule has 1 amide bonds. The van der Waals surface area contributed by atoms with Crippen LogP contribution in [0, 0.1) is 0 Å². The van der Waals surface area contributed by atoms with Crippen molar-refractivity contribution in [3.05, 3.63) is 35.4 Å². The summed E-state index contributed by atoms with van der Waals surface area (Å²) in [7, 11) is 0. The van der Waals surface area contributed by atoms with Gasteiger partial charge in [0.1, 0.15) is 5.60 Å². The summed E-state index contributed by atoms with van der Waals surface area (Å²) in [5.41, 5.74) is 7.58. The van der Waals surface area contributed by atoms with Gasteiger partial charge in [0, 0.05) is 25.6 Å². The maximum atomic E-state index is 12.0. The molecule has 1 aromatic rings. The zero-order valence-corrected chi connectivity index (χ0v) is 12.6. The molecule has 4 heteroatoms. The van der Waals surface area contributed by atoms with Crippen LogP contribution in [0.5, 0.6) is 0 Å². The van der Waals surface area contributed by atoms with Gasteiger partial charge in [0.2, 0.25) is 0 Å². The molecule has 4 nitrogen and oxygen atoms in total. The molecule has 1 heterocycles. The van der Waals surface area contributed by atoms with Crippen molar-refractivity contribution in [2.24, 2.45) is 5.73 Å². The van der Waals surface area contributed by atoms with E-state index in [-0.39, 0.29) is 6.09 Å². The van der Waals surface area contributed by atoms with E-state index in [9.17, 15) is 4.79 Å². The Morgan fingerprint density at radius 1 is 1.35 bits per heavy atom. The van der Waals surface area contributed by atoms with Gasteiger partial charge in [0.15, 0.2) is 0 Å². The third-order valence-corrected chi connectivity index (χ3v) is 3.53. The van der Waals surface area contributed by atoms with Gasteiger partial charge in [-0.05, 0) is 38.3 Å². The number of likely N-dealkylation sites (tertiary alicyclic amines) is 1. The summed E-state index contributed by atoms with van der Waals surface area (Å²) in [6.45, 7) is 7.74. The summed E-state index contributed by atoms with van der Waals surface area (Å²) in [6.07, 6.45) is 0.778. The van der Waals surface area contributed by atoms with Crippen LogP contribution in [0.3, 0.4) is 0 Å². The van der Waals surface area contributed by atoms with Crippen molar-refractivity contribution in [1.29, 1.82) is 0 Å². The quantitative estimate of drug-likeness (QED) is 0.903. The van der Waals surface area contributed by atoms with Gasteiger partial charge in [-0.1, -0.05) is 24.3 Å². The minimum absolute atomic E-state index is 0.210. The van der Waals surface area contributed by atoms with E-state index in [0.29, 0.717) is 12.5 Å². The second-order valence-corrected chi connectivity index (χ2v) is 6.36. The molecule has 2 N–H and O–H groups in total. The number of carbonyl (C=O) groups is 1. The Morgan fingerprint density at radius 2 is 2.00 bits per heavy atom. The third-order valence-electron chi connectivity index (χ3n) is 3.53. The first kappa shape index (κ1) is 14.9. The first-order valence-corrected chi connectivity index (χ1v) is 7.16. The van der Waals surface area contributed by atoms with Crippen LogP contribution in [0.25, 0.3) is 0 Å². The fourth-order valence-corrected chi connectivity index (χ4v) is 2.45. The van der Waals surface area contributed by atoms with Crippen molar-refractivity contribution in [3.63, 3.8) is 0 Å². The Morgan fingerprint density at radius 3 is 2.55 bits per heavy atom. The lowest BCUT2D eigenvalue weighted by molar-refractivity contribution is 0.0292. The largest absolute Gasteiger partial charge is 0.444 e. The number of carbonyl (C=O) groups excluding carboxylic acids is 1. The van der Waals surface area contributed by atoms with Crippen LogP contribution in [-0.4, -0.2) is 29.7 Å². The molecule has 0 aliphatic carbocycles. The predicted molar refractivity (Wildman–Crippen MR) is 79.5 cm³/mol. The lowest BCUT2D eigenvalue weighted by Crippen LogP contribution is -2.35. The summed E-state index contributed by atoms with van der Waals surface area (Å²) in [5, 5.41) is 0. The Kier molecular flexibility index (Phi) is 4.33. The average Bonchev–Trinajstić information content (AvgIpc) is 2.86. The molecule has 20 heavy (non-hydrogen) atoms. The van der Waals surface area contributed by atoms with Crippen molar-refractivity contribution < 1.29 is 9.53 Å². The summed E-state index contributed by atoms with van der Waals surface area (Å²) in [5.74, 6) is 0.398. The minimum atomic E-state index is -0.433. The summed E-state index contributed by atoms with van der Waals surface area (Å²) < 4.78 is 5.41. The molecule has 1 saturated heterocycles. The molecule has 0 bridgehead atoms. The zero-order valence-electron chi connectivity index (χ0n) is 12.6. The van der Waals surface area contributed by atoms with Gasteiger partial charge in [-0.25, -0.2) is 4.79 Å². The van der Waals surface area contributed by atoms with E-state index in [2.05, 4.69) is 24.3 Å². The fourth-order valence-electron chi connectivity index (χ4n) is 2.45. The van der Waals surface area contributed by atoms with Gasteiger partial charge in [-0.2, -0.15) is 0 Å². The van der Waals surface area contributed by atoms with Crippen molar-refractivity contribution in [2.75, 3.05) is 13.1 Å². The molecule has 0 radical (unpaired) electrons. The third kappa shape index (κ3) is 3.73. The van der Waals surface area contributed by atoms with Gasteiger partial charge in [0.25, 0.3) is 0 Å². The molecule has 1 fully saturated rings. The molecule has 1 aromatic carbocycles. The number of nitrogens with two attached hydrogens (primary N) is 1. The van der Waals surface area contributed by atoms with Crippen LogP contribution in [0.4, 0.5) is 4.79 Å². The average molecular weight is 276 g/mol. The number of benzene rings is 1. The molecule has 0 aromatic heterocycles. The van der Waals surface area contributed by atoms with Crippen LogP contribution in [0.15, 0.2) is 24.3 Å². The maximum Gasteiger partial charge on any atom is 0.410 e. The highest BCUT2D eigenvalue weighted by Crippen LogP contribution is 2.28. The van der Waals surface area contributed by atoms with E-state index in [4.69, 9.17) is 10.5 Å². The highest BCUT2D eigenvalue weighted by Gasteiger charge is 2.30. The molecule has 0 spiro atoms. The Bertz CT molecular complexity index is 462. The van der Waals surface area contributed by atoms with E-state index in [1.807, 2.05) is 20.8 Å². The van der Waals surface area contributed by atoms with E-state index < -0.39 is 5.60 Å². The standard InChI is InChI=1S/C16H24N2O2/c1-16(2,3)20-15(19)18-9-8-14(11-18)13-6-4-12(10-17)5-7-13/h4-7,14H,8-11,17H2,1-3H3/t14-/m0/s1.